The number of aliphatic hydroxyl groups is 1. The van der Waals surface area contributed by atoms with Crippen LogP contribution >= 0.6 is 0 Å². The van der Waals surface area contributed by atoms with Crippen molar-refractivity contribution < 1.29 is 14.6 Å². The van der Waals surface area contributed by atoms with Crippen molar-refractivity contribution in [1.82, 2.24) is 9.80 Å². The summed E-state index contributed by atoms with van der Waals surface area (Å²) in [4.78, 5) is 15.7. The molecule has 1 aromatic carbocycles. The fourth-order valence-electron chi connectivity index (χ4n) is 3.08. The molecule has 1 heterocycles. The first-order valence-corrected chi connectivity index (χ1v) is 7.97. The zero-order valence-electron chi connectivity index (χ0n) is 14.0. The van der Waals surface area contributed by atoms with Crippen molar-refractivity contribution in [1.29, 1.82) is 0 Å². The zero-order chi connectivity index (χ0) is 16.9. The average molecular weight is 321 g/mol. The Morgan fingerprint density at radius 2 is 2.13 bits per heavy atom. The van der Waals surface area contributed by atoms with Gasteiger partial charge < -0.3 is 20.5 Å². The smallest absolute Gasteiger partial charge is 0.223 e. The number of nitrogens with zero attached hydrogens (tertiary/aromatic N) is 2. The van der Waals surface area contributed by atoms with Gasteiger partial charge in [-0.25, -0.2) is 0 Å². The Morgan fingerprint density at radius 3 is 2.74 bits per heavy atom. The van der Waals surface area contributed by atoms with Gasteiger partial charge in [-0.1, -0.05) is 12.1 Å². The maximum Gasteiger partial charge on any atom is 0.223 e. The first kappa shape index (κ1) is 17.7. The molecule has 0 bridgehead atoms. The number of methoxy groups -OCH3 is 1. The van der Waals surface area contributed by atoms with Crippen LogP contribution in [0.1, 0.15) is 18.4 Å². The lowest BCUT2D eigenvalue weighted by molar-refractivity contribution is -0.131. The summed E-state index contributed by atoms with van der Waals surface area (Å²) in [6, 6.07) is 7.90. The Morgan fingerprint density at radius 1 is 1.43 bits per heavy atom. The lowest BCUT2D eigenvalue weighted by atomic mass is 10.0. The van der Waals surface area contributed by atoms with Gasteiger partial charge in [0, 0.05) is 32.6 Å². The number of amides is 1. The highest BCUT2D eigenvalue weighted by molar-refractivity contribution is 5.76. The average Bonchev–Trinajstić information content (AvgIpc) is 2.90. The van der Waals surface area contributed by atoms with Crippen molar-refractivity contribution in [2.24, 2.45) is 5.73 Å². The molecule has 1 fully saturated rings. The number of ether oxygens (including phenoxy) is 1. The minimum absolute atomic E-state index is 0.0289. The molecule has 0 unspecified atom stereocenters. The van der Waals surface area contributed by atoms with Crippen LogP contribution in [-0.4, -0.2) is 66.8 Å². The molecule has 128 valence electrons. The molecule has 0 aliphatic carbocycles. The number of benzene rings is 1. The normalized spacial score (nSPS) is 21.0. The van der Waals surface area contributed by atoms with E-state index in [1.807, 2.05) is 31.3 Å². The first-order chi connectivity index (χ1) is 11.0. The van der Waals surface area contributed by atoms with Crippen molar-refractivity contribution >= 4 is 5.91 Å². The summed E-state index contributed by atoms with van der Waals surface area (Å²) in [6.07, 6.45) is 0.952. The number of carbonyl (C=O) groups excluding carboxylic acids is 1. The molecule has 6 nitrogen and oxygen atoms in total. The van der Waals surface area contributed by atoms with Crippen LogP contribution in [0.2, 0.25) is 0 Å². The van der Waals surface area contributed by atoms with Gasteiger partial charge in [0.25, 0.3) is 0 Å². The van der Waals surface area contributed by atoms with E-state index in [2.05, 4.69) is 4.90 Å². The van der Waals surface area contributed by atoms with Crippen molar-refractivity contribution in [3.8, 4) is 5.75 Å². The van der Waals surface area contributed by atoms with Crippen molar-refractivity contribution in [2.45, 2.75) is 25.0 Å². The predicted molar refractivity (Wildman–Crippen MR) is 89.1 cm³/mol. The van der Waals surface area contributed by atoms with Gasteiger partial charge in [0.1, 0.15) is 5.75 Å². The van der Waals surface area contributed by atoms with E-state index >= 15 is 0 Å². The third kappa shape index (κ3) is 4.92. The quantitative estimate of drug-likeness (QED) is 0.762. The third-order valence-corrected chi connectivity index (χ3v) is 4.22. The molecule has 1 aromatic rings. The van der Waals surface area contributed by atoms with Gasteiger partial charge in [-0.15, -0.1) is 0 Å². The highest BCUT2D eigenvalue weighted by atomic mass is 16.5. The third-order valence-electron chi connectivity index (χ3n) is 4.22. The minimum Gasteiger partial charge on any atom is -0.497 e. The van der Waals surface area contributed by atoms with Crippen LogP contribution in [0.15, 0.2) is 24.3 Å². The summed E-state index contributed by atoms with van der Waals surface area (Å²) in [5.74, 6) is 0.862. The van der Waals surface area contributed by atoms with Gasteiger partial charge in [0.15, 0.2) is 0 Å². The molecule has 1 atom stereocenters. The molecule has 1 amide bonds. The number of rotatable bonds is 7. The molecule has 6 heteroatoms. The number of carbonyl (C=O) groups is 1. The second-order valence-electron chi connectivity index (χ2n) is 6.35. The van der Waals surface area contributed by atoms with Crippen LogP contribution in [0.4, 0.5) is 0 Å². The van der Waals surface area contributed by atoms with Crippen molar-refractivity contribution in [3.05, 3.63) is 29.8 Å². The number of likely N-dealkylation sites (tertiary alicyclic amines) is 1. The number of β-amino-alcohol motifs (C(OH)–C–C–N with tert-alkyl or cyclic N) is 1. The molecule has 1 saturated heterocycles. The summed E-state index contributed by atoms with van der Waals surface area (Å²) in [5, 5.41) is 10.7. The van der Waals surface area contributed by atoms with Crippen LogP contribution in [0, 0.1) is 0 Å². The van der Waals surface area contributed by atoms with Gasteiger partial charge in [-0.05, 0) is 31.2 Å². The van der Waals surface area contributed by atoms with E-state index in [0.29, 0.717) is 39.0 Å². The SMILES string of the molecule is COc1ccc(CN(C)C[C@]2(O)CCN(C(=O)CCN)C2)cc1. The van der Waals surface area contributed by atoms with Crippen molar-refractivity contribution in [3.63, 3.8) is 0 Å². The van der Waals surface area contributed by atoms with E-state index in [1.165, 1.54) is 0 Å². The topological polar surface area (TPSA) is 79.0 Å². The summed E-state index contributed by atoms with van der Waals surface area (Å²) in [7, 11) is 3.63. The zero-order valence-corrected chi connectivity index (χ0v) is 14.0. The van der Waals surface area contributed by atoms with Gasteiger partial charge in [-0.2, -0.15) is 0 Å². The van der Waals surface area contributed by atoms with Crippen LogP contribution in [0.25, 0.3) is 0 Å². The monoisotopic (exact) mass is 321 g/mol. The molecule has 1 aliphatic heterocycles. The molecule has 0 spiro atoms. The van der Waals surface area contributed by atoms with Gasteiger partial charge in [0.2, 0.25) is 5.91 Å². The van der Waals surface area contributed by atoms with E-state index in [9.17, 15) is 9.90 Å². The molecule has 23 heavy (non-hydrogen) atoms. The molecule has 0 aromatic heterocycles. The Bertz CT molecular complexity index is 520. The Labute approximate surface area is 137 Å². The molecular weight excluding hydrogens is 294 g/mol. The van der Waals surface area contributed by atoms with E-state index in [4.69, 9.17) is 10.5 Å². The Balaban J connectivity index is 1.86. The van der Waals surface area contributed by atoms with Crippen LogP contribution in [0.5, 0.6) is 5.75 Å². The molecule has 3 N–H and O–H groups in total. The summed E-state index contributed by atoms with van der Waals surface area (Å²) in [5.41, 5.74) is 5.74. The summed E-state index contributed by atoms with van der Waals surface area (Å²) in [6.45, 7) is 2.62. The second kappa shape index (κ2) is 7.77. The van der Waals surface area contributed by atoms with Crippen LogP contribution in [0.3, 0.4) is 0 Å². The maximum atomic E-state index is 11.9. The fourth-order valence-corrected chi connectivity index (χ4v) is 3.08. The lowest BCUT2D eigenvalue weighted by Gasteiger charge is -2.29. The largest absolute Gasteiger partial charge is 0.497 e. The Kier molecular flexibility index (Phi) is 5.98. The lowest BCUT2D eigenvalue weighted by Crippen LogP contribution is -2.44. The number of likely N-dealkylation sites (N-methyl/N-ethyl adjacent to an activating group) is 1. The van der Waals surface area contributed by atoms with Crippen LogP contribution < -0.4 is 10.5 Å². The molecule has 1 aliphatic rings. The fraction of sp³-hybridized carbons (Fsp3) is 0.588. The molecular formula is C17H27N3O3. The molecule has 2 rings (SSSR count). The Hall–Kier alpha value is -1.63. The van der Waals surface area contributed by atoms with Gasteiger partial charge >= 0.3 is 0 Å². The summed E-state index contributed by atoms with van der Waals surface area (Å²) < 4.78 is 5.15. The highest BCUT2D eigenvalue weighted by Gasteiger charge is 2.38. The molecule has 0 radical (unpaired) electrons. The highest BCUT2D eigenvalue weighted by Crippen LogP contribution is 2.23. The number of nitrogens with two attached hydrogens (primary N) is 1. The standard InChI is InChI=1S/C17H27N3O3/c1-19(11-14-3-5-15(23-2)6-4-14)12-17(22)8-10-20(13-17)16(21)7-9-18/h3-6,22H,7-13,18H2,1-2H3/t17-/m1/s1. The second-order valence-corrected chi connectivity index (χ2v) is 6.35. The van der Waals surface area contributed by atoms with E-state index < -0.39 is 5.60 Å². The van der Waals surface area contributed by atoms with E-state index in [-0.39, 0.29) is 5.91 Å². The number of hydrogen-bond acceptors (Lipinski definition) is 5. The predicted octanol–water partition coefficient (Wildman–Crippen LogP) is 0.439. The van der Waals surface area contributed by atoms with Crippen LogP contribution in [-0.2, 0) is 11.3 Å². The van der Waals surface area contributed by atoms with Gasteiger partial charge in [-0.3, -0.25) is 9.69 Å². The summed E-state index contributed by atoms with van der Waals surface area (Å²) >= 11 is 0. The molecule has 0 saturated carbocycles. The maximum absolute atomic E-state index is 11.9. The van der Waals surface area contributed by atoms with Crippen molar-refractivity contribution in [2.75, 3.05) is 40.3 Å². The minimum atomic E-state index is -0.842. The van der Waals surface area contributed by atoms with E-state index in [1.54, 1.807) is 12.0 Å². The van der Waals surface area contributed by atoms with Gasteiger partial charge in [0.05, 0.1) is 19.3 Å². The van der Waals surface area contributed by atoms with E-state index in [0.717, 1.165) is 17.9 Å². The first-order valence-electron chi connectivity index (χ1n) is 7.97. The number of hydrogen-bond donors (Lipinski definition) is 2.